The minimum absolute atomic E-state index is 0.417. The van der Waals surface area contributed by atoms with Crippen LogP contribution in [0.1, 0.15) is 11.3 Å². The van der Waals surface area contributed by atoms with Gasteiger partial charge in [0.25, 0.3) is 6.29 Å². The lowest BCUT2D eigenvalue weighted by atomic mass is 10.3. The average molecular weight is 255 g/mol. The number of rotatable bonds is 1. The molecule has 0 atom stereocenters. The maximum Gasteiger partial charge on any atom is 0.294 e. The predicted octanol–water partition coefficient (Wildman–Crippen LogP) is 3.77. The largest absolute Gasteiger partial charge is 0.444 e. The molecule has 1 aliphatic rings. The van der Waals surface area contributed by atoms with E-state index in [1.54, 1.807) is 11.3 Å². The van der Waals surface area contributed by atoms with Gasteiger partial charge in [-0.3, -0.25) is 0 Å². The van der Waals surface area contributed by atoms with E-state index in [1.807, 2.05) is 42.5 Å². The molecule has 1 aliphatic heterocycles. The van der Waals surface area contributed by atoms with Crippen molar-refractivity contribution in [1.29, 1.82) is 0 Å². The van der Waals surface area contributed by atoms with Crippen molar-refractivity contribution in [2.75, 3.05) is 0 Å². The van der Waals surface area contributed by atoms with Crippen LogP contribution in [0.3, 0.4) is 0 Å². The molecule has 0 aliphatic carbocycles. The molecule has 0 bridgehead atoms. The summed E-state index contributed by atoms with van der Waals surface area (Å²) in [6.45, 7) is 0. The molecule has 0 saturated carbocycles. The van der Waals surface area contributed by atoms with Gasteiger partial charge in [0.1, 0.15) is 0 Å². The van der Waals surface area contributed by atoms with Crippen LogP contribution in [0.2, 0.25) is 0 Å². The van der Waals surface area contributed by atoms with Crippen LogP contribution in [0.5, 0.6) is 11.5 Å². The van der Waals surface area contributed by atoms with Gasteiger partial charge in [-0.1, -0.05) is 24.3 Å². The van der Waals surface area contributed by atoms with E-state index in [0.29, 0.717) is 0 Å². The van der Waals surface area contributed by atoms with Crippen molar-refractivity contribution in [1.82, 2.24) is 4.98 Å². The van der Waals surface area contributed by atoms with Gasteiger partial charge in [-0.2, -0.15) is 0 Å². The van der Waals surface area contributed by atoms with Gasteiger partial charge < -0.3 is 9.47 Å². The number of nitrogens with zero attached hydrogens (tertiary/aromatic N) is 1. The maximum atomic E-state index is 5.75. The first-order valence-electron chi connectivity index (χ1n) is 5.68. The zero-order valence-corrected chi connectivity index (χ0v) is 10.2. The highest BCUT2D eigenvalue weighted by molar-refractivity contribution is 7.18. The van der Waals surface area contributed by atoms with E-state index in [0.717, 1.165) is 26.7 Å². The minimum atomic E-state index is -0.417. The molecule has 2 heterocycles. The van der Waals surface area contributed by atoms with E-state index >= 15 is 0 Å². The first-order valence-corrected chi connectivity index (χ1v) is 6.49. The van der Waals surface area contributed by atoms with Gasteiger partial charge >= 0.3 is 0 Å². The molecular formula is C14H9NO2S. The Bertz CT molecular complexity index is 664. The van der Waals surface area contributed by atoms with Crippen LogP contribution in [0.15, 0.2) is 48.5 Å². The van der Waals surface area contributed by atoms with Crippen LogP contribution in [-0.4, -0.2) is 4.98 Å². The standard InChI is InChI=1S/C14H9NO2S/c1-4-8-12-9(5-1)15-13(18-12)14-16-10-6-2-3-7-11(10)17-14/h1-8,14H. The topological polar surface area (TPSA) is 31.4 Å². The molecule has 3 nitrogen and oxygen atoms in total. The van der Waals surface area contributed by atoms with Gasteiger partial charge in [-0.05, 0) is 24.3 Å². The fourth-order valence-electron chi connectivity index (χ4n) is 1.99. The Morgan fingerprint density at radius 3 is 2.28 bits per heavy atom. The Morgan fingerprint density at radius 2 is 1.56 bits per heavy atom. The fourth-order valence-corrected chi connectivity index (χ4v) is 2.92. The summed E-state index contributed by atoms with van der Waals surface area (Å²) in [6.07, 6.45) is -0.417. The van der Waals surface area contributed by atoms with E-state index in [1.165, 1.54) is 0 Å². The third kappa shape index (κ3) is 1.46. The number of para-hydroxylation sites is 3. The maximum absolute atomic E-state index is 5.75. The van der Waals surface area contributed by atoms with E-state index in [9.17, 15) is 0 Å². The second-order valence-electron chi connectivity index (χ2n) is 4.03. The Kier molecular flexibility index (Phi) is 2.04. The average Bonchev–Trinajstić information content (AvgIpc) is 3.02. The van der Waals surface area contributed by atoms with Crippen molar-refractivity contribution in [2.45, 2.75) is 6.29 Å². The van der Waals surface area contributed by atoms with Gasteiger partial charge in [-0.25, -0.2) is 4.98 Å². The lowest BCUT2D eigenvalue weighted by Gasteiger charge is -2.05. The lowest BCUT2D eigenvalue weighted by molar-refractivity contribution is 0.0487. The minimum Gasteiger partial charge on any atom is -0.444 e. The molecule has 2 aromatic carbocycles. The van der Waals surface area contributed by atoms with Gasteiger partial charge in [0, 0.05) is 0 Å². The highest BCUT2D eigenvalue weighted by Gasteiger charge is 2.28. The first kappa shape index (κ1) is 9.91. The highest BCUT2D eigenvalue weighted by Crippen LogP contribution is 2.41. The van der Waals surface area contributed by atoms with Gasteiger partial charge in [0.15, 0.2) is 16.5 Å². The van der Waals surface area contributed by atoms with Crippen molar-refractivity contribution >= 4 is 21.6 Å². The molecule has 0 N–H and O–H groups in total. The van der Waals surface area contributed by atoms with E-state index in [4.69, 9.17) is 9.47 Å². The third-order valence-corrected chi connectivity index (χ3v) is 3.89. The summed E-state index contributed by atoms with van der Waals surface area (Å²) in [6, 6.07) is 15.7. The third-order valence-electron chi connectivity index (χ3n) is 2.83. The van der Waals surface area contributed by atoms with Crippen LogP contribution in [0.4, 0.5) is 0 Å². The van der Waals surface area contributed by atoms with Gasteiger partial charge in [0.05, 0.1) is 10.2 Å². The van der Waals surface area contributed by atoms with Crippen molar-refractivity contribution < 1.29 is 9.47 Å². The molecule has 0 radical (unpaired) electrons. The van der Waals surface area contributed by atoms with E-state index in [-0.39, 0.29) is 0 Å². The summed E-state index contributed by atoms with van der Waals surface area (Å²) in [5.41, 5.74) is 0.987. The summed E-state index contributed by atoms with van der Waals surface area (Å²) in [7, 11) is 0. The molecule has 88 valence electrons. The number of hydrogen-bond acceptors (Lipinski definition) is 4. The lowest BCUT2D eigenvalue weighted by Crippen LogP contribution is -2.07. The molecule has 4 rings (SSSR count). The normalized spacial score (nSPS) is 14.2. The monoisotopic (exact) mass is 255 g/mol. The number of benzene rings is 2. The Hall–Kier alpha value is -2.07. The molecule has 0 fully saturated rings. The van der Waals surface area contributed by atoms with Crippen LogP contribution in [-0.2, 0) is 0 Å². The zero-order valence-electron chi connectivity index (χ0n) is 9.37. The molecule has 1 aromatic heterocycles. The van der Waals surface area contributed by atoms with E-state index in [2.05, 4.69) is 11.1 Å². The molecule has 0 unspecified atom stereocenters. The number of fused-ring (bicyclic) bond motifs is 2. The summed E-state index contributed by atoms with van der Waals surface area (Å²) in [4.78, 5) is 4.55. The highest BCUT2D eigenvalue weighted by atomic mass is 32.1. The SMILES string of the molecule is c1ccc2c(c1)OC(c1nc3ccccc3s1)O2. The molecule has 18 heavy (non-hydrogen) atoms. The number of thiazole rings is 1. The van der Waals surface area contributed by atoms with Gasteiger partial charge in [-0.15, -0.1) is 11.3 Å². The van der Waals surface area contributed by atoms with Crippen molar-refractivity contribution in [3.05, 3.63) is 53.5 Å². The van der Waals surface area contributed by atoms with Crippen LogP contribution < -0.4 is 9.47 Å². The molecule has 0 amide bonds. The predicted molar refractivity (Wildman–Crippen MR) is 70.1 cm³/mol. The smallest absolute Gasteiger partial charge is 0.294 e. The van der Waals surface area contributed by atoms with Crippen molar-refractivity contribution in [3.63, 3.8) is 0 Å². The Labute approximate surface area is 108 Å². The number of hydrogen-bond donors (Lipinski definition) is 0. The van der Waals surface area contributed by atoms with Crippen LogP contribution in [0.25, 0.3) is 10.2 Å². The number of aromatic nitrogens is 1. The summed E-state index contributed by atoms with van der Waals surface area (Å²) >= 11 is 1.60. The van der Waals surface area contributed by atoms with Crippen LogP contribution >= 0.6 is 11.3 Å². The first-order chi connectivity index (χ1) is 8.90. The second kappa shape index (κ2) is 3.71. The Balaban J connectivity index is 1.73. The van der Waals surface area contributed by atoms with Crippen LogP contribution in [0, 0.1) is 0 Å². The quantitative estimate of drug-likeness (QED) is 0.663. The van der Waals surface area contributed by atoms with E-state index < -0.39 is 6.29 Å². The molecular weight excluding hydrogens is 246 g/mol. The fraction of sp³-hybridized carbons (Fsp3) is 0.0714. The summed E-state index contributed by atoms with van der Waals surface area (Å²) in [5.74, 6) is 1.56. The summed E-state index contributed by atoms with van der Waals surface area (Å²) < 4.78 is 12.6. The molecule has 3 aromatic rings. The molecule has 0 saturated heterocycles. The molecule has 0 spiro atoms. The summed E-state index contributed by atoms with van der Waals surface area (Å²) in [5, 5.41) is 0.854. The van der Waals surface area contributed by atoms with Crippen molar-refractivity contribution in [2.24, 2.45) is 0 Å². The molecule has 4 heteroatoms. The van der Waals surface area contributed by atoms with Gasteiger partial charge in [0.2, 0.25) is 0 Å². The number of ether oxygens (including phenoxy) is 2. The second-order valence-corrected chi connectivity index (χ2v) is 5.10. The zero-order chi connectivity index (χ0) is 11.9. The van der Waals surface area contributed by atoms with Crippen molar-refractivity contribution in [3.8, 4) is 11.5 Å². The Morgan fingerprint density at radius 1 is 0.889 bits per heavy atom.